The van der Waals surface area contributed by atoms with Gasteiger partial charge in [-0.15, -0.1) is 0 Å². The Bertz CT molecular complexity index is 914. The summed E-state index contributed by atoms with van der Waals surface area (Å²) in [5.74, 6) is 0.0516. The van der Waals surface area contributed by atoms with Crippen molar-refractivity contribution in [1.29, 1.82) is 5.26 Å². The number of amides is 1. The summed E-state index contributed by atoms with van der Waals surface area (Å²) in [7, 11) is 0. The van der Waals surface area contributed by atoms with Crippen molar-refractivity contribution in [2.45, 2.75) is 31.1 Å². The van der Waals surface area contributed by atoms with Crippen LogP contribution in [0.25, 0.3) is 11.1 Å². The lowest BCUT2D eigenvalue weighted by atomic mass is 9.79. The van der Waals surface area contributed by atoms with Crippen molar-refractivity contribution >= 4 is 17.7 Å². The highest BCUT2D eigenvalue weighted by Gasteiger charge is 2.48. The first-order chi connectivity index (χ1) is 11.6. The number of carbonyl (C=O) groups is 2. The average molecular weight is 321 g/mol. The zero-order valence-corrected chi connectivity index (χ0v) is 12.9. The minimum absolute atomic E-state index is 0.0516. The fourth-order valence-electron chi connectivity index (χ4n) is 3.99. The minimum atomic E-state index is -1.19. The van der Waals surface area contributed by atoms with E-state index in [-0.39, 0.29) is 11.6 Å². The lowest BCUT2D eigenvalue weighted by Gasteiger charge is -2.21. The third kappa shape index (κ3) is 1.81. The van der Waals surface area contributed by atoms with Crippen LogP contribution >= 0.6 is 0 Å². The number of nitrogens with one attached hydrogen (secondary N) is 1. The third-order valence-corrected chi connectivity index (χ3v) is 5.18. The molecule has 4 rings (SSSR count). The molecule has 2 aliphatic rings. The maximum absolute atomic E-state index is 12.5. The molecule has 1 saturated carbocycles. The molecule has 120 valence electrons. The van der Waals surface area contributed by atoms with E-state index in [1.165, 1.54) is 6.20 Å². The van der Waals surface area contributed by atoms with Gasteiger partial charge in [-0.05, 0) is 42.2 Å². The molecule has 0 radical (unpaired) electrons. The summed E-state index contributed by atoms with van der Waals surface area (Å²) < 4.78 is 0.914. The quantitative estimate of drug-likeness (QED) is 0.842. The highest BCUT2D eigenvalue weighted by atomic mass is 16.4. The van der Waals surface area contributed by atoms with E-state index in [0.717, 1.165) is 47.1 Å². The van der Waals surface area contributed by atoms with Crippen molar-refractivity contribution in [2.75, 3.05) is 5.32 Å². The molecular formula is C18H15N3O3. The van der Waals surface area contributed by atoms with Crippen LogP contribution in [0.15, 0.2) is 30.5 Å². The maximum Gasteiger partial charge on any atom is 0.416 e. The Morgan fingerprint density at radius 1 is 1.29 bits per heavy atom. The number of fused-ring (bicyclic) bond motifs is 2. The topological polar surface area (TPSA) is 95.1 Å². The second-order valence-electron chi connectivity index (χ2n) is 6.35. The number of hydrogen-bond acceptors (Lipinski definition) is 3. The standard InChI is InChI=1S/C18H15N3O3/c19-10-15-12(5-8-21(15)17(23)24)11-3-4-14-13(9-11)18(16(22)20-14)6-1-2-7-18/h3-5,8-9H,1-2,6-7H2,(H,20,22)(H,23,24). The number of carboxylic acid groups (broad SMARTS) is 1. The van der Waals surface area contributed by atoms with Gasteiger partial charge in [-0.25, -0.2) is 9.36 Å². The number of nitriles is 1. The zero-order valence-electron chi connectivity index (χ0n) is 12.9. The van der Waals surface area contributed by atoms with Crippen molar-refractivity contribution < 1.29 is 14.7 Å². The molecule has 6 heteroatoms. The van der Waals surface area contributed by atoms with Gasteiger partial charge in [-0.1, -0.05) is 18.9 Å². The number of hydrogen-bond donors (Lipinski definition) is 2. The predicted octanol–water partition coefficient (Wildman–Crippen LogP) is 3.32. The zero-order chi connectivity index (χ0) is 16.9. The molecule has 2 aromatic rings. The molecule has 1 aromatic heterocycles. The average Bonchev–Trinajstić information content (AvgIpc) is 3.27. The van der Waals surface area contributed by atoms with Crippen LogP contribution in [-0.4, -0.2) is 21.7 Å². The van der Waals surface area contributed by atoms with E-state index in [9.17, 15) is 20.0 Å². The molecule has 1 amide bonds. The van der Waals surface area contributed by atoms with Gasteiger partial charge in [0.15, 0.2) is 0 Å². The van der Waals surface area contributed by atoms with Crippen molar-refractivity contribution in [2.24, 2.45) is 0 Å². The Morgan fingerprint density at radius 2 is 2.04 bits per heavy atom. The van der Waals surface area contributed by atoms with Gasteiger partial charge in [0.25, 0.3) is 0 Å². The molecule has 1 aromatic carbocycles. The summed E-state index contributed by atoms with van der Waals surface area (Å²) in [6, 6.07) is 9.17. The number of rotatable bonds is 1. The number of anilines is 1. The molecule has 0 atom stereocenters. The van der Waals surface area contributed by atoms with Crippen LogP contribution in [0.4, 0.5) is 10.5 Å². The molecule has 6 nitrogen and oxygen atoms in total. The first-order valence-corrected chi connectivity index (χ1v) is 7.88. The Morgan fingerprint density at radius 3 is 2.71 bits per heavy atom. The number of nitrogens with zero attached hydrogens (tertiary/aromatic N) is 2. The number of aromatic nitrogens is 1. The highest BCUT2D eigenvalue weighted by Crippen LogP contribution is 2.49. The van der Waals surface area contributed by atoms with Crippen LogP contribution < -0.4 is 5.32 Å². The van der Waals surface area contributed by atoms with E-state index in [0.29, 0.717) is 5.56 Å². The molecule has 0 saturated heterocycles. The summed E-state index contributed by atoms with van der Waals surface area (Å²) in [4.78, 5) is 23.7. The van der Waals surface area contributed by atoms with E-state index >= 15 is 0 Å². The van der Waals surface area contributed by atoms with E-state index in [1.54, 1.807) is 6.07 Å². The molecule has 1 fully saturated rings. The van der Waals surface area contributed by atoms with Gasteiger partial charge in [0.1, 0.15) is 11.8 Å². The SMILES string of the molecule is N#Cc1c(-c2ccc3c(c2)C2(CCCC2)C(=O)N3)ccn1C(=O)O. The number of benzene rings is 1. The van der Waals surface area contributed by atoms with Gasteiger partial charge in [0, 0.05) is 17.4 Å². The Hall–Kier alpha value is -3.07. The van der Waals surface area contributed by atoms with Gasteiger partial charge in [0.05, 0.1) is 5.41 Å². The lowest BCUT2D eigenvalue weighted by molar-refractivity contribution is -0.120. The summed E-state index contributed by atoms with van der Waals surface area (Å²) in [5.41, 5.74) is 2.73. The molecule has 1 aliphatic carbocycles. The predicted molar refractivity (Wildman–Crippen MR) is 86.8 cm³/mol. The van der Waals surface area contributed by atoms with Crippen molar-refractivity contribution in [3.63, 3.8) is 0 Å². The fourth-order valence-corrected chi connectivity index (χ4v) is 3.99. The highest BCUT2D eigenvalue weighted by molar-refractivity contribution is 6.07. The molecule has 1 aliphatic heterocycles. The Labute approximate surface area is 138 Å². The summed E-state index contributed by atoms with van der Waals surface area (Å²) >= 11 is 0. The van der Waals surface area contributed by atoms with E-state index in [4.69, 9.17) is 0 Å². The van der Waals surface area contributed by atoms with Crippen LogP contribution in [0.5, 0.6) is 0 Å². The largest absolute Gasteiger partial charge is 0.464 e. The normalized spacial score (nSPS) is 17.5. The van der Waals surface area contributed by atoms with Gasteiger partial charge in [-0.2, -0.15) is 5.26 Å². The summed E-state index contributed by atoms with van der Waals surface area (Å²) in [6.45, 7) is 0. The van der Waals surface area contributed by atoms with E-state index < -0.39 is 11.5 Å². The molecule has 2 heterocycles. The summed E-state index contributed by atoms with van der Waals surface area (Å²) in [5, 5.41) is 21.5. The monoisotopic (exact) mass is 321 g/mol. The van der Waals surface area contributed by atoms with Gasteiger partial charge < -0.3 is 10.4 Å². The van der Waals surface area contributed by atoms with Gasteiger partial charge >= 0.3 is 6.09 Å². The van der Waals surface area contributed by atoms with Gasteiger partial charge in [0.2, 0.25) is 5.91 Å². The van der Waals surface area contributed by atoms with Crippen LogP contribution in [-0.2, 0) is 10.2 Å². The lowest BCUT2D eigenvalue weighted by Crippen LogP contribution is -2.30. The second-order valence-corrected chi connectivity index (χ2v) is 6.35. The first kappa shape index (κ1) is 14.5. The van der Waals surface area contributed by atoms with Crippen LogP contribution in [0, 0.1) is 11.3 Å². The Balaban J connectivity index is 1.87. The van der Waals surface area contributed by atoms with E-state index in [1.807, 2.05) is 24.3 Å². The maximum atomic E-state index is 12.5. The van der Waals surface area contributed by atoms with Gasteiger partial charge in [-0.3, -0.25) is 4.79 Å². The second kappa shape index (κ2) is 4.96. The summed E-state index contributed by atoms with van der Waals surface area (Å²) in [6.07, 6.45) is 3.89. The molecule has 24 heavy (non-hydrogen) atoms. The van der Waals surface area contributed by atoms with Crippen LogP contribution in [0.3, 0.4) is 0 Å². The molecule has 0 unspecified atom stereocenters. The first-order valence-electron chi connectivity index (χ1n) is 7.88. The van der Waals surface area contributed by atoms with Crippen LogP contribution in [0.2, 0.25) is 0 Å². The van der Waals surface area contributed by atoms with Crippen molar-refractivity contribution in [3.05, 3.63) is 41.7 Å². The van der Waals surface area contributed by atoms with Crippen LogP contribution in [0.1, 0.15) is 36.9 Å². The fraction of sp³-hybridized carbons (Fsp3) is 0.278. The molecule has 1 spiro atoms. The number of carbonyl (C=O) groups excluding carboxylic acids is 1. The minimum Gasteiger partial charge on any atom is -0.464 e. The molecular weight excluding hydrogens is 306 g/mol. The van der Waals surface area contributed by atoms with Crippen molar-refractivity contribution in [3.8, 4) is 17.2 Å². The third-order valence-electron chi connectivity index (χ3n) is 5.18. The van der Waals surface area contributed by atoms with E-state index in [2.05, 4.69) is 5.32 Å². The molecule has 0 bridgehead atoms. The smallest absolute Gasteiger partial charge is 0.416 e. The molecule has 2 N–H and O–H groups in total. The van der Waals surface area contributed by atoms with Crippen molar-refractivity contribution in [1.82, 2.24) is 4.57 Å². The Kier molecular flexibility index (Phi) is 3.00.